The summed E-state index contributed by atoms with van der Waals surface area (Å²) in [6.07, 6.45) is 1.86. The summed E-state index contributed by atoms with van der Waals surface area (Å²) in [6, 6.07) is 19.7. The summed E-state index contributed by atoms with van der Waals surface area (Å²) in [6.45, 7) is 0. The number of amidine groups is 1. The van der Waals surface area contributed by atoms with Crippen LogP contribution in [0.1, 0.15) is 5.56 Å². The summed E-state index contributed by atoms with van der Waals surface area (Å²) in [7, 11) is 0. The van der Waals surface area contributed by atoms with E-state index in [1.807, 2.05) is 72.1 Å². The number of nitrogens with zero attached hydrogens (tertiary/aromatic N) is 2. The van der Waals surface area contributed by atoms with Crippen LogP contribution in [0.15, 0.2) is 75.9 Å². The van der Waals surface area contributed by atoms with Crippen molar-refractivity contribution in [3.63, 3.8) is 0 Å². The molecule has 4 nitrogen and oxygen atoms in total. The molecule has 4 rings (SSSR count). The molecule has 0 atom stereocenters. The third-order valence-electron chi connectivity index (χ3n) is 3.51. The summed E-state index contributed by atoms with van der Waals surface area (Å²) >= 11 is 2.79. The molecule has 0 spiro atoms. The van der Waals surface area contributed by atoms with Crippen molar-refractivity contribution in [1.82, 2.24) is 10.3 Å². The van der Waals surface area contributed by atoms with E-state index in [0.29, 0.717) is 15.2 Å². The standard InChI is InChI=1S/C19H13N3OS2/c23-17-16(11-13-7-3-1-4-8-13)25-19(21-17)22-18-20-15(12-24-18)14-9-5-2-6-10-14/h1-12H,(H,20,21,22,23)/b16-11+. The smallest absolute Gasteiger partial charge is 0.264 e. The topological polar surface area (TPSA) is 54.4 Å². The highest BCUT2D eigenvalue weighted by Gasteiger charge is 2.24. The molecule has 3 aromatic rings. The average Bonchev–Trinajstić information content (AvgIpc) is 3.24. The highest BCUT2D eigenvalue weighted by molar-refractivity contribution is 8.18. The van der Waals surface area contributed by atoms with Crippen LogP contribution in [0.2, 0.25) is 0 Å². The normalized spacial score (nSPS) is 17.2. The minimum atomic E-state index is -0.132. The first-order chi connectivity index (χ1) is 12.3. The number of rotatable bonds is 3. The van der Waals surface area contributed by atoms with Crippen molar-refractivity contribution in [2.24, 2.45) is 4.99 Å². The third-order valence-corrected chi connectivity index (χ3v) is 5.15. The van der Waals surface area contributed by atoms with Crippen LogP contribution in [0, 0.1) is 0 Å². The molecule has 2 aromatic carbocycles. The van der Waals surface area contributed by atoms with Crippen LogP contribution < -0.4 is 5.32 Å². The summed E-state index contributed by atoms with van der Waals surface area (Å²) in [5.41, 5.74) is 2.93. The lowest BCUT2D eigenvalue weighted by Gasteiger charge is -1.94. The van der Waals surface area contributed by atoms with Crippen molar-refractivity contribution in [2.45, 2.75) is 0 Å². The molecule has 2 heterocycles. The highest BCUT2D eigenvalue weighted by atomic mass is 32.2. The van der Waals surface area contributed by atoms with Gasteiger partial charge in [-0.2, -0.15) is 4.99 Å². The molecule has 1 amide bonds. The number of carbonyl (C=O) groups is 1. The van der Waals surface area contributed by atoms with Gasteiger partial charge in [0.05, 0.1) is 10.6 Å². The predicted octanol–water partition coefficient (Wildman–Crippen LogP) is 4.70. The number of benzene rings is 2. The van der Waals surface area contributed by atoms with Crippen molar-refractivity contribution in [3.8, 4) is 11.3 Å². The Balaban J connectivity index is 1.54. The quantitative estimate of drug-likeness (QED) is 0.686. The van der Waals surface area contributed by atoms with E-state index in [0.717, 1.165) is 16.8 Å². The van der Waals surface area contributed by atoms with Crippen LogP contribution >= 0.6 is 23.1 Å². The van der Waals surface area contributed by atoms with Gasteiger partial charge in [0, 0.05) is 10.9 Å². The summed E-state index contributed by atoms with van der Waals surface area (Å²) in [5, 5.41) is 5.95. The molecule has 0 radical (unpaired) electrons. The number of carbonyl (C=O) groups excluding carboxylic acids is 1. The number of hydrogen-bond acceptors (Lipinski definition) is 5. The van der Waals surface area contributed by atoms with Gasteiger partial charge in [-0.05, 0) is 23.4 Å². The van der Waals surface area contributed by atoms with Gasteiger partial charge in [0.2, 0.25) is 5.13 Å². The highest BCUT2D eigenvalue weighted by Crippen LogP contribution is 2.31. The van der Waals surface area contributed by atoms with Crippen molar-refractivity contribution in [2.75, 3.05) is 0 Å². The summed E-state index contributed by atoms with van der Waals surface area (Å²) < 4.78 is 0. The molecule has 0 aliphatic carbocycles. The Morgan fingerprint density at radius 3 is 2.48 bits per heavy atom. The van der Waals surface area contributed by atoms with Gasteiger partial charge in [0.1, 0.15) is 0 Å². The minimum Gasteiger partial charge on any atom is -0.300 e. The van der Waals surface area contributed by atoms with Gasteiger partial charge in [-0.3, -0.25) is 4.79 Å². The maximum atomic E-state index is 12.1. The van der Waals surface area contributed by atoms with E-state index in [1.54, 1.807) is 0 Å². The Kier molecular flexibility index (Phi) is 4.45. The molecule has 1 aromatic heterocycles. The average molecular weight is 363 g/mol. The SMILES string of the molecule is O=C1N/C(=N\c2nc(-c3ccccc3)cs2)S/C1=C/c1ccccc1. The molecule has 122 valence electrons. The van der Waals surface area contributed by atoms with Crippen LogP contribution in [-0.4, -0.2) is 16.1 Å². The van der Waals surface area contributed by atoms with E-state index in [-0.39, 0.29) is 5.91 Å². The van der Waals surface area contributed by atoms with Crippen LogP contribution in [0.3, 0.4) is 0 Å². The minimum absolute atomic E-state index is 0.132. The van der Waals surface area contributed by atoms with Gasteiger partial charge in [-0.15, -0.1) is 11.3 Å². The maximum absolute atomic E-state index is 12.1. The largest absolute Gasteiger partial charge is 0.300 e. The van der Waals surface area contributed by atoms with Gasteiger partial charge in [0.25, 0.3) is 5.91 Å². The molecule has 1 aliphatic heterocycles. The van der Waals surface area contributed by atoms with E-state index in [9.17, 15) is 4.79 Å². The molecule has 0 saturated carbocycles. The number of aromatic nitrogens is 1. The van der Waals surface area contributed by atoms with Crippen LogP contribution in [0.25, 0.3) is 17.3 Å². The first-order valence-corrected chi connectivity index (χ1v) is 9.33. The second-order valence-corrected chi connectivity index (χ2v) is 7.14. The zero-order valence-corrected chi connectivity index (χ0v) is 14.7. The van der Waals surface area contributed by atoms with Crippen LogP contribution in [-0.2, 0) is 4.79 Å². The number of aliphatic imine (C=N–C) groups is 1. The second kappa shape index (κ2) is 7.04. The zero-order valence-electron chi connectivity index (χ0n) is 13.0. The van der Waals surface area contributed by atoms with Gasteiger partial charge < -0.3 is 5.32 Å². The number of thiazole rings is 1. The first-order valence-electron chi connectivity index (χ1n) is 7.63. The molecule has 0 bridgehead atoms. The van der Waals surface area contributed by atoms with Crippen molar-refractivity contribution >= 4 is 45.4 Å². The predicted molar refractivity (Wildman–Crippen MR) is 105 cm³/mol. The Labute approximate surface area is 153 Å². The van der Waals surface area contributed by atoms with E-state index in [4.69, 9.17) is 0 Å². The lowest BCUT2D eigenvalue weighted by molar-refractivity contribution is -0.115. The van der Waals surface area contributed by atoms with E-state index >= 15 is 0 Å². The fourth-order valence-electron chi connectivity index (χ4n) is 2.33. The molecule has 0 unspecified atom stereocenters. The maximum Gasteiger partial charge on any atom is 0.264 e. The molecular weight excluding hydrogens is 350 g/mol. The molecule has 1 saturated heterocycles. The lowest BCUT2D eigenvalue weighted by Crippen LogP contribution is -2.19. The van der Waals surface area contributed by atoms with Crippen LogP contribution in [0.5, 0.6) is 0 Å². The van der Waals surface area contributed by atoms with Crippen molar-refractivity contribution < 1.29 is 4.79 Å². The Hall–Kier alpha value is -2.70. The summed E-state index contributed by atoms with van der Waals surface area (Å²) in [5.74, 6) is -0.132. The number of amides is 1. The number of nitrogens with one attached hydrogen (secondary N) is 1. The molecule has 1 fully saturated rings. The van der Waals surface area contributed by atoms with Gasteiger partial charge in [0.15, 0.2) is 5.17 Å². The van der Waals surface area contributed by atoms with E-state index in [1.165, 1.54) is 23.1 Å². The molecule has 25 heavy (non-hydrogen) atoms. The Morgan fingerprint density at radius 1 is 1.00 bits per heavy atom. The first kappa shape index (κ1) is 15.8. The van der Waals surface area contributed by atoms with Crippen LogP contribution in [0.4, 0.5) is 5.13 Å². The fraction of sp³-hybridized carbons (Fsp3) is 0. The Morgan fingerprint density at radius 2 is 1.72 bits per heavy atom. The molecule has 1 aliphatic rings. The summed E-state index contributed by atoms with van der Waals surface area (Å²) in [4.78, 5) is 21.7. The third kappa shape index (κ3) is 3.70. The molecule has 1 N–H and O–H groups in total. The van der Waals surface area contributed by atoms with Gasteiger partial charge >= 0.3 is 0 Å². The van der Waals surface area contributed by atoms with Gasteiger partial charge in [-0.25, -0.2) is 4.98 Å². The zero-order chi connectivity index (χ0) is 17.1. The monoisotopic (exact) mass is 363 g/mol. The molecular formula is C19H13N3OS2. The number of thioether (sulfide) groups is 1. The molecule has 6 heteroatoms. The fourth-order valence-corrected chi connectivity index (χ4v) is 3.91. The Bertz CT molecular complexity index is 963. The van der Waals surface area contributed by atoms with Crippen molar-refractivity contribution in [3.05, 3.63) is 76.5 Å². The van der Waals surface area contributed by atoms with Gasteiger partial charge in [-0.1, -0.05) is 60.7 Å². The van der Waals surface area contributed by atoms with E-state index in [2.05, 4.69) is 15.3 Å². The van der Waals surface area contributed by atoms with Crippen molar-refractivity contribution in [1.29, 1.82) is 0 Å². The number of hydrogen-bond donors (Lipinski definition) is 1. The van der Waals surface area contributed by atoms with E-state index < -0.39 is 0 Å². The second-order valence-electron chi connectivity index (χ2n) is 5.27. The lowest BCUT2D eigenvalue weighted by atomic mass is 10.2.